The van der Waals surface area contributed by atoms with Gasteiger partial charge in [-0.1, -0.05) is 0 Å². The average Bonchev–Trinajstić information content (AvgIpc) is 2.72. The first-order chi connectivity index (χ1) is 9.26. The van der Waals surface area contributed by atoms with Crippen LogP contribution < -0.4 is 0 Å². The van der Waals surface area contributed by atoms with E-state index in [0.29, 0.717) is 4.88 Å². The van der Waals surface area contributed by atoms with Crippen molar-refractivity contribution in [3.8, 4) is 0 Å². The van der Waals surface area contributed by atoms with Crippen molar-refractivity contribution in [2.45, 2.75) is 6.92 Å². The number of thiophene rings is 1. The van der Waals surface area contributed by atoms with Gasteiger partial charge in [0.1, 0.15) is 5.70 Å². The van der Waals surface area contributed by atoms with Crippen molar-refractivity contribution in [2.75, 3.05) is 14.2 Å². The van der Waals surface area contributed by atoms with Crippen LogP contribution in [-0.4, -0.2) is 38.6 Å². The molecule has 6 nitrogen and oxygen atoms in total. The molecule has 1 aromatic heterocycles. The summed E-state index contributed by atoms with van der Waals surface area (Å²) in [4.78, 5) is 13.3. The van der Waals surface area contributed by atoms with E-state index < -0.39 is 16.2 Å². The molecule has 0 saturated carbocycles. The molecular weight excluding hydrogens is 368 g/mol. The standard InChI is InChI=1S/C11H11BrN2O4S2/c1-6-7(12)4-10(19-6)8-5-9(11(15)18-3)14(2)20(16,17)13-8/h4-5H,1-3H3. The van der Waals surface area contributed by atoms with E-state index in [1.54, 1.807) is 6.07 Å². The Balaban J connectivity index is 2.58. The Labute approximate surface area is 129 Å². The largest absolute Gasteiger partial charge is 0.464 e. The van der Waals surface area contributed by atoms with E-state index in [9.17, 15) is 13.2 Å². The third kappa shape index (κ3) is 2.65. The van der Waals surface area contributed by atoms with Crippen molar-refractivity contribution in [3.63, 3.8) is 0 Å². The van der Waals surface area contributed by atoms with E-state index in [1.807, 2.05) is 6.92 Å². The lowest BCUT2D eigenvalue weighted by Crippen LogP contribution is -2.33. The minimum Gasteiger partial charge on any atom is -0.464 e. The van der Waals surface area contributed by atoms with Crippen molar-refractivity contribution < 1.29 is 17.9 Å². The van der Waals surface area contributed by atoms with Gasteiger partial charge in [0, 0.05) is 16.4 Å². The minimum atomic E-state index is -3.92. The number of nitrogens with zero attached hydrogens (tertiary/aromatic N) is 2. The molecule has 1 aliphatic heterocycles. The number of ether oxygens (including phenoxy) is 1. The van der Waals surface area contributed by atoms with Crippen LogP contribution in [0.5, 0.6) is 0 Å². The lowest BCUT2D eigenvalue weighted by molar-refractivity contribution is -0.137. The number of carbonyl (C=O) groups excluding carboxylic acids is 1. The van der Waals surface area contributed by atoms with Gasteiger partial charge < -0.3 is 4.74 Å². The van der Waals surface area contributed by atoms with Crippen LogP contribution in [0.15, 0.2) is 26.7 Å². The molecule has 2 rings (SSSR count). The fourth-order valence-electron chi connectivity index (χ4n) is 1.55. The average molecular weight is 379 g/mol. The molecule has 108 valence electrons. The molecule has 1 aliphatic rings. The lowest BCUT2D eigenvalue weighted by atomic mass is 10.2. The predicted octanol–water partition coefficient (Wildman–Crippen LogP) is 1.86. The van der Waals surface area contributed by atoms with Crippen LogP contribution >= 0.6 is 27.3 Å². The van der Waals surface area contributed by atoms with Gasteiger partial charge in [-0.2, -0.15) is 8.42 Å². The number of rotatable bonds is 2. The van der Waals surface area contributed by atoms with Gasteiger partial charge in [0.2, 0.25) is 0 Å². The Hall–Kier alpha value is -1.19. The zero-order valence-corrected chi connectivity index (χ0v) is 14.1. The molecule has 20 heavy (non-hydrogen) atoms. The lowest BCUT2D eigenvalue weighted by Gasteiger charge is -2.21. The van der Waals surface area contributed by atoms with Crippen LogP contribution in [0.4, 0.5) is 0 Å². The SMILES string of the molecule is COC(=O)C1=CC(c2cc(Br)c(C)s2)=NS(=O)(=O)N1C. The second-order valence-electron chi connectivity index (χ2n) is 3.96. The minimum absolute atomic E-state index is 0.0697. The summed E-state index contributed by atoms with van der Waals surface area (Å²) in [6.45, 7) is 1.90. The molecule has 0 amide bonds. The summed E-state index contributed by atoms with van der Waals surface area (Å²) in [6, 6.07) is 1.77. The molecule has 0 saturated heterocycles. The first-order valence-corrected chi connectivity index (χ1v) is 8.42. The summed E-state index contributed by atoms with van der Waals surface area (Å²) in [5, 5.41) is 0. The number of aryl methyl sites for hydroxylation is 1. The second-order valence-corrected chi connectivity index (χ2v) is 7.69. The van der Waals surface area contributed by atoms with Crippen LogP contribution in [0.2, 0.25) is 0 Å². The highest BCUT2D eigenvalue weighted by Gasteiger charge is 2.31. The van der Waals surface area contributed by atoms with E-state index in [4.69, 9.17) is 0 Å². The fraction of sp³-hybridized carbons (Fsp3) is 0.273. The van der Waals surface area contributed by atoms with E-state index in [-0.39, 0.29) is 11.4 Å². The number of esters is 1. The van der Waals surface area contributed by atoms with Crippen LogP contribution in [0.3, 0.4) is 0 Å². The first-order valence-electron chi connectivity index (χ1n) is 5.41. The Morgan fingerprint density at radius 2 is 2.15 bits per heavy atom. The third-order valence-electron chi connectivity index (χ3n) is 2.68. The number of allylic oxidation sites excluding steroid dienone is 1. The van der Waals surface area contributed by atoms with Gasteiger partial charge in [-0.3, -0.25) is 0 Å². The van der Waals surface area contributed by atoms with E-state index in [1.165, 1.54) is 31.6 Å². The second kappa shape index (κ2) is 5.30. The summed E-state index contributed by atoms with van der Waals surface area (Å²) in [5.41, 5.74) is 0.155. The number of hydrogen-bond acceptors (Lipinski definition) is 5. The summed E-state index contributed by atoms with van der Waals surface area (Å²) < 4.78 is 33.9. The maximum absolute atomic E-state index is 12.0. The Morgan fingerprint density at radius 1 is 1.50 bits per heavy atom. The predicted molar refractivity (Wildman–Crippen MR) is 80.1 cm³/mol. The van der Waals surface area contributed by atoms with Crippen molar-refractivity contribution in [2.24, 2.45) is 4.40 Å². The summed E-state index contributed by atoms with van der Waals surface area (Å²) in [6.07, 6.45) is 1.41. The number of hydrogen-bond donors (Lipinski definition) is 0. The number of likely N-dealkylation sites (N-methyl/N-ethyl adjacent to an activating group) is 1. The zero-order valence-electron chi connectivity index (χ0n) is 10.9. The summed E-state index contributed by atoms with van der Waals surface area (Å²) in [5.74, 6) is -0.726. The molecule has 0 atom stereocenters. The fourth-order valence-corrected chi connectivity index (χ4v) is 4.00. The molecule has 0 radical (unpaired) electrons. The van der Waals surface area contributed by atoms with Crippen LogP contribution in [-0.2, 0) is 19.7 Å². The molecule has 0 spiro atoms. The van der Waals surface area contributed by atoms with Gasteiger partial charge in [0.05, 0.1) is 17.7 Å². The molecule has 0 fully saturated rings. The van der Waals surface area contributed by atoms with Gasteiger partial charge in [-0.05, 0) is 35.0 Å². The first kappa shape index (κ1) is 15.2. The molecule has 2 heterocycles. The van der Waals surface area contributed by atoms with E-state index >= 15 is 0 Å². The van der Waals surface area contributed by atoms with Gasteiger partial charge in [0.25, 0.3) is 0 Å². The topological polar surface area (TPSA) is 76.0 Å². The van der Waals surface area contributed by atoms with Crippen LogP contribution in [0.1, 0.15) is 9.75 Å². The zero-order chi connectivity index (χ0) is 15.1. The Kier molecular flexibility index (Phi) is 4.03. The quantitative estimate of drug-likeness (QED) is 0.735. The molecule has 1 aromatic rings. The van der Waals surface area contributed by atoms with Crippen molar-refractivity contribution in [3.05, 3.63) is 32.1 Å². The summed E-state index contributed by atoms with van der Waals surface area (Å²) >= 11 is 4.75. The normalized spacial score (nSPS) is 17.5. The molecule has 0 N–H and O–H groups in total. The highest BCUT2D eigenvalue weighted by Crippen LogP contribution is 2.29. The van der Waals surface area contributed by atoms with Crippen LogP contribution in [0, 0.1) is 6.92 Å². The monoisotopic (exact) mass is 378 g/mol. The smallest absolute Gasteiger partial charge is 0.355 e. The highest BCUT2D eigenvalue weighted by atomic mass is 79.9. The van der Waals surface area contributed by atoms with Crippen molar-refractivity contribution in [1.82, 2.24) is 4.31 Å². The number of carbonyl (C=O) groups is 1. The molecular formula is C11H11BrN2O4S2. The van der Waals surface area contributed by atoms with Crippen molar-refractivity contribution in [1.29, 1.82) is 0 Å². The van der Waals surface area contributed by atoms with Gasteiger partial charge in [-0.25, -0.2) is 9.10 Å². The Bertz CT molecular complexity index is 714. The molecule has 0 bridgehead atoms. The highest BCUT2D eigenvalue weighted by molar-refractivity contribution is 9.10. The number of halogens is 1. The maximum atomic E-state index is 12.0. The molecule has 0 aliphatic carbocycles. The number of methoxy groups -OCH3 is 1. The Morgan fingerprint density at radius 3 is 2.65 bits per heavy atom. The maximum Gasteiger partial charge on any atom is 0.355 e. The van der Waals surface area contributed by atoms with E-state index in [0.717, 1.165) is 13.7 Å². The van der Waals surface area contributed by atoms with Gasteiger partial charge in [-0.15, -0.1) is 15.7 Å². The van der Waals surface area contributed by atoms with Gasteiger partial charge in [0.15, 0.2) is 0 Å². The molecule has 0 aromatic carbocycles. The van der Waals surface area contributed by atoms with E-state index in [2.05, 4.69) is 25.1 Å². The third-order valence-corrected chi connectivity index (χ3v) is 6.15. The molecule has 0 unspecified atom stereocenters. The summed E-state index contributed by atoms with van der Waals surface area (Å²) in [7, 11) is -1.47. The molecule has 9 heteroatoms. The van der Waals surface area contributed by atoms with Gasteiger partial charge >= 0.3 is 16.2 Å². The van der Waals surface area contributed by atoms with Crippen molar-refractivity contribution >= 4 is 49.2 Å². The van der Waals surface area contributed by atoms with Crippen LogP contribution in [0.25, 0.3) is 0 Å².